The monoisotopic (exact) mass is 199 g/mol. The topological polar surface area (TPSA) is 52.3 Å². The number of carbonyl (C=O) groups is 1. The predicted octanol–water partition coefficient (Wildman–Crippen LogP) is 1.85. The van der Waals surface area contributed by atoms with Crippen molar-refractivity contribution in [3.05, 3.63) is 0 Å². The van der Waals surface area contributed by atoms with Crippen LogP contribution >= 0.6 is 0 Å². The van der Waals surface area contributed by atoms with Crippen LogP contribution in [0.5, 0.6) is 0 Å². The molecule has 3 heteroatoms. The zero-order chi connectivity index (χ0) is 10.4. The highest BCUT2D eigenvalue weighted by Gasteiger charge is 2.20. The van der Waals surface area contributed by atoms with Crippen LogP contribution in [-0.4, -0.2) is 19.1 Å². The molecule has 0 aromatic heterocycles. The molecule has 14 heavy (non-hydrogen) atoms. The lowest BCUT2D eigenvalue weighted by Crippen LogP contribution is -2.33. The molecule has 0 saturated heterocycles. The van der Waals surface area contributed by atoms with Gasteiger partial charge < -0.3 is 10.5 Å². The number of rotatable bonds is 3. The normalized spacial score (nSPS) is 21.3. The maximum atomic E-state index is 11.1. The Bertz CT molecular complexity index is 174. The summed E-state index contributed by atoms with van der Waals surface area (Å²) >= 11 is 0. The van der Waals surface area contributed by atoms with E-state index in [1.165, 1.54) is 45.6 Å². The SMILES string of the molecule is COC(=O)[C@H](N)CC1CCCCCC1. The maximum Gasteiger partial charge on any atom is 0.322 e. The molecule has 0 spiro atoms. The molecular formula is C11H21NO2. The average Bonchev–Trinajstić information content (AvgIpc) is 2.45. The number of hydrogen-bond acceptors (Lipinski definition) is 3. The van der Waals surface area contributed by atoms with Gasteiger partial charge >= 0.3 is 5.97 Å². The fourth-order valence-corrected chi connectivity index (χ4v) is 2.21. The van der Waals surface area contributed by atoms with Crippen LogP contribution in [0.2, 0.25) is 0 Å². The van der Waals surface area contributed by atoms with Gasteiger partial charge in [-0.3, -0.25) is 4.79 Å². The van der Waals surface area contributed by atoms with Crippen molar-refractivity contribution in [2.45, 2.75) is 51.0 Å². The first-order valence-electron chi connectivity index (χ1n) is 5.57. The van der Waals surface area contributed by atoms with Crippen molar-refractivity contribution >= 4 is 5.97 Å². The fourth-order valence-electron chi connectivity index (χ4n) is 2.21. The van der Waals surface area contributed by atoms with E-state index in [2.05, 4.69) is 4.74 Å². The minimum atomic E-state index is -0.414. The van der Waals surface area contributed by atoms with Gasteiger partial charge in [-0.2, -0.15) is 0 Å². The summed E-state index contributed by atoms with van der Waals surface area (Å²) in [5.74, 6) is 0.362. The molecule has 1 fully saturated rings. The van der Waals surface area contributed by atoms with Crippen LogP contribution in [0.3, 0.4) is 0 Å². The van der Waals surface area contributed by atoms with Crippen LogP contribution in [0, 0.1) is 5.92 Å². The summed E-state index contributed by atoms with van der Waals surface area (Å²) in [6, 6.07) is -0.414. The van der Waals surface area contributed by atoms with E-state index in [-0.39, 0.29) is 5.97 Å². The van der Waals surface area contributed by atoms with Gasteiger partial charge in [-0.25, -0.2) is 0 Å². The molecule has 1 saturated carbocycles. The molecule has 0 aliphatic heterocycles. The van der Waals surface area contributed by atoms with Gasteiger partial charge in [0.15, 0.2) is 0 Å². The molecule has 2 N–H and O–H groups in total. The Morgan fingerprint density at radius 3 is 2.43 bits per heavy atom. The number of hydrogen-bond donors (Lipinski definition) is 1. The van der Waals surface area contributed by atoms with E-state index >= 15 is 0 Å². The Balaban J connectivity index is 2.30. The maximum absolute atomic E-state index is 11.1. The predicted molar refractivity (Wildman–Crippen MR) is 55.8 cm³/mol. The molecule has 82 valence electrons. The summed E-state index contributed by atoms with van der Waals surface area (Å²) in [5.41, 5.74) is 5.74. The van der Waals surface area contributed by atoms with Crippen molar-refractivity contribution in [3.63, 3.8) is 0 Å². The second kappa shape index (κ2) is 6.02. The van der Waals surface area contributed by atoms with Crippen molar-refractivity contribution in [2.75, 3.05) is 7.11 Å². The lowest BCUT2D eigenvalue weighted by molar-refractivity contribution is -0.142. The molecule has 1 aliphatic carbocycles. The lowest BCUT2D eigenvalue weighted by Gasteiger charge is -2.17. The van der Waals surface area contributed by atoms with Gasteiger partial charge in [-0.15, -0.1) is 0 Å². The molecule has 1 aliphatic rings. The first-order chi connectivity index (χ1) is 6.74. The number of esters is 1. The highest BCUT2D eigenvalue weighted by molar-refractivity contribution is 5.75. The Kier molecular flexibility index (Phi) is 4.94. The van der Waals surface area contributed by atoms with Crippen molar-refractivity contribution < 1.29 is 9.53 Å². The van der Waals surface area contributed by atoms with Gasteiger partial charge in [0.1, 0.15) is 6.04 Å². The van der Waals surface area contributed by atoms with Crippen LogP contribution in [0.1, 0.15) is 44.9 Å². The molecule has 0 bridgehead atoms. The van der Waals surface area contributed by atoms with Crippen molar-refractivity contribution in [1.82, 2.24) is 0 Å². The molecule has 0 amide bonds. The number of ether oxygens (including phenoxy) is 1. The van der Waals surface area contributed by atoms with E-state index in [1.54, 1.807) is 0 Å². The average molecular weight is 199 g/mol. The molecule has 0 heterocycles. The summed E-state index contributed by atoms with van der Waals surface area (Å²) in [4.78, 5) is 11.1. The number of carbonyl (C=O) groups excluding carboxylic acids is 1. The lowest BCUT2D eigenvalue weighted by atomic mass is 9.93. The molecule has 1 atom stereocenters. The number of nitrogens with two attached hydrogens (primary N) is 1. The van der Waals surface area contributed by atoms with Crippen LogP contribution in [-0.2, 0) is 9.53 Å². The van der Waals surface area contributed by atoms with Gasteiger partial charge in [-0.1, -0.05) is 38.5 Å². The molecule has 3 nitrogen and oxygen atoms in total. The van der Waals surface area contributed by atoms with E-state index in [0.717, 1.165) is 6.42 Å². The second-order valence-corrected chi connectivity index (χ2v) is 4.22. The minimum absolute atomic E-state index is 0.269. The quantitative estimate of drug-likeness (QED) is 0.557. The zero-order valence-electron chi connectivity index (χ0n) is 9.00. The molecule has 0 unspecified atom stereocenters. The third-order valence-electron chi connectivity index (χ3n) is 3.07. The third-order valence-corrected chi connectivity index (χ3v) is 3.07. The van der Waals surface area contributed by atoms with E-state index in [1.807, 2.05) is 0 Å². The summed E-state index contributed by atoms with van der Waals surface area (Å²) in [6.07, 6.45) is 8.51. The molecule has 0 radical (unpaired) electrons. The molecular weight excluding hydrogens is 178 g/mol. The van der Waals surface area contributed by atoms with Gasteiger partial charge in [0.05, 0.1) is 7.11 Å². The highest BCUT2D eigenvalue weighted by Crippen LogP contribution is 2.26. The Morgan fingerprint density at radius 2 is 1.93 bits per heavy atom. The van der Waals surface area contributed by atoms with Gasteiger partial charge in [0.2, 0.25) is 0 Å². The Morgan fingerprint density at radius 1 is 1.36 bits per heavy atom. The van der Waals surface area contributed by atoms with Gasteiger partial charge in [0, 0.05) is 0 Å². The largest absolute Gasteiger partial charge is 0.468 e. The summed E-state index contributed by atoms with van der Waals surface area (Å²) in [7, 11) is 1.40. The molecule has 0 aromatic rings. The van der Waals surface area contributed by atoms with E-state index < -0.39 is 6.04 Å². The summed E-state index contributed by atoms with van der Waals surface area (Å²) in [6.45, 7) is 0. The fraction of sp³-hybridized carbons (Fsp3) is 0.909. The first kappa shape index (κ1) is 11.5. The minimum Gasteiger partial charge on any atom is -0.468 e. The van der Waals surface area contributed by atoms with Crippen LogP contribution in [0.15, 0.2) is 0 Å². The summed E-state index contributed by atoms with van der Waals surface area (Å²) < 4.78 is 4.62. The summed E-state index contributed by atoms with van der Waals surface area (Å²) in [5, 5.41) is 0. The van der Waals surface area contributed by atoms with Gasteiger partial charge in [0.25, 0.3) is 0 Å². The van der Waals surface area contributed by atoms with E-state index in [0.29, 0.717) is 5.92 Å². The van der Waals surface area contributed by atoms with Crippen LogP contribution in [0.25, 0.3) is 0 Å². The molecule has 1 rings (SSSR count). The van der Waals surface area contributed by atoms with Crippen LogP contribution < -0.4 is 5.73 Å². The van der Waals surface area contributed by atoms with Crippen molar-refractivity contribution in [2.24, 2.45) is 11.7 Å². The van der Waals surface area contributed by atoms with Crippen molar-refractivity contribution in [3.8, 4) is 0 Å². The Labute approximate surface area is 86.0 Å². The van der Waals surface area contributed by atoms with Gasteiger partial charge in [-0.05, 0) is 12.3 Å². The third kappa shape index (κ3) is 3.66. The Hall–Kier alpha value is -0.570. The first-order valence-corrected chi connectivity index (χ1v) is 5.57. The zero-order valence-corrected chi connectivity index (χ0v) is 9.00. The van der Waals surface area contributed by atoms with E-state index in [4.69, 9.17) is 5.73 Å². The molecule has 0 aromatic carbocycles. The number of methoxy groups -OCH3 is 1. The second-order valence-electron chi connectivity index (χ2n) is 4.22. The highest BCUT2D eigenvalue weighted by atomic mass is 16.5. The van der Waals surface area contributed by atoms with Crippen molar-refractivity contribution in [1.29, 1.82) is 0 Å². The van der Waals surface area contributed by atoms with E-state index in [9.17, 15) is 4.79 Å². The van der Waals surface area contributed by atoms with Crippen LogP contribution in [0.4, 0.5) is 0 Å². The smallest absolute Gasteiger partial charge is 0.322 e. The standard InChI is InChI=1S/C11H21NO2/c1-14-11(13)10(12)8-9-6-4-2-3-5-7-9/h9-10H,2-8,12H2,1H3/t10-/m1/s1.